The zero-order chi connectivity index (χ0) is 11.2. The van der Waals surface area contributed by atoms with Gasteiger partial charge >= 0.3 is 0 Å². The second kappa shape index (κ2) is 5.35. The standard InChI is InChI=1S/C13H15NO2/c15-13(11-6-2-1-3-7-11)14-10-12-8-4-5-9-16-12/h1-3,6-8H,4-5,9-10H2,(H,14,15). The molecule has 0 saturated carbocycles. The first-order valence-corrected chi connectivity index (χ1v) is 5.51. The summed E-state index contributed by atoms with van der Waals surface area (Å²) in [5, 5.41) is 2.84. The normalized spacial score (nSPS) is 14.9. The van der Waals surface area contributed by atoms with Gasteiger partial charge in [0.15, 0.2) is 0 Å². The zero-order valence-corrected chi connectivity index (χ0v) is 9.11. The van der Waals surface area contributed by atoms with E-state index in [0.29, 0.717) is 12.1 Å². The summed E-state index contributed by atoms with van der Waals surface area (Å²) in [6, 6.07) is 9.19. The average molecular weight is 217 g/mol. The van der Waals surface area contributed by atoms with Crippen LogP contribution >= 0.6 is 0 Å². The van der Waals surface area contributed by atoms with E-state index in [4.69, 9.17) is 4.74 Å². The molecule has 1 aromatic carbocycles. The van der Waals surface area contributed by atoms with E-state index >= 15 is 0 Å². The van der Waals surface area contributed by atoms with Gasteiger partial charge in [-0.2, -0.15) is 0 Å². The van der Waals surface area contributed by atoms with Gasteiger partial charge in [-0.15, -0.1) is 0 Å². The molecule has 3 nitrogen and oxygen atoms in total. The van der Waals surface area contributed by atoms with E-state index < -0.39 is 0 Å². The molecular formula is C13H15NO2. The van der Waals surface area contributed by atoms with Gasteiger partial charge in [0.25, 0.3) is 5.91 Å². The molecule has 1 N–H and O–H groups in total. The maximum atomic E-state index is 11.7. The molecule has 0 radical (unpaired) electrons. The molecule has 3 heteroatoms. The Hall–Kier alpha value is -1.77. The Kier molecular flexibility index (Phi) is 3.59. The highest BCUT2D eigenvalue weighted by Gasteiger charge is 2.07. The Morgan fingerprint density at radius 1 is 1.31 bits per heavy atom. The van der Waals surface area contributed by atoms with Gasteiger partial charge in [0.2, 0.25) is 0 Å². The van der Waals surface area contributed by atoms with Gasteiger partial charge in [0, 0.05) is 5.56 Å². The molecule has 1 aliphatic rings. The molecule has 0 unspecified atom stereocenters. The van der Waals surface area contributed by atoms with Crippen LogP contribution in [0, 0.1) is 0 Å². The number of nitrogens with one attached hydrogen (secondary N) is 1. The number of hydrogen-bond acceptors (Lipinski definition) is 2. The first kappa shape index (κ1) is 10.7. The van der Waals surface area contributed by atoms with Crippen LogP contribution in [0.2, 0.25) is 0 Å². The third kappa shape index (κ3) is 2.86. The van der Waals surface area contributed by atoms with Gasteiger partial charge in [0.1, 0.15) is 5.76 Å². The van der Waals surface area contributed by atoms with E-state index in [2.05, 4.69) is 5.32 Å². The first-order valence-electron chi connectivity index (χ1n) is 5.51. The lowest BCUT2D eigenvalue weighted by Gasteiger charge is -2.15. The summed E-state index contributed by atoms with van der Waals surface area (Å²) in [6.07, 6.45) is 4.14. The van der Waals surface area contributed by atoms with Crippen LogP contribution < -0.4 is 5.32 Å². The van der Waals surface area contributed by atoms with E-state index in [1.165, 1.54) is 0 Å². The Morgan fingerprint density at radius 2 is 2.12 bits per heavy atom. The molecule has 1 aromatic rings. The van der Waals surface area contributed by atoms with Gasteiger partial charge in [-0.25, -0.2) is 0 Å². The van der Waals surface area contributed by atoms with Gasteiger partial charge in [-0.3, -0.25) is 4.79 Å². The van der Waals surface area contributed by atoms with Crippen LogP contribution in [0.3, 0.4) is 0 Å². The maximum absolute atomic E-state index is 11.7. The topological polar surface area (TPSA) is 38.3 Å². The third-order valence-corrected chi connectivity index (χ3v) is 2.47. The van der Waals surface area contributed by atoms with Crippen LogP contribution in [-0.4, -0.2) is 19.1 Å². The number of carbonyl (C=O) groups is 1. The van der Waals surface area contributed by atoms with Gasteiger partial charge in [0.05, 0.1) is 13.2 Å². The van der Waals surface area contributed by atoms with Crippen molar-refractivity contribution in [2.45, 2.75) is 12.8 Å². The Bertz CT molecular complexity index is 384. The number of hydrogen-bond donors (Lipinski definition) is 1. The highest BCUT2D eigenvalue weighted by molar-refractivity contribution is 5.94. The van der Waals surface area contributed by atoms with Gasteiger partial charge in [-0.05, 0) is 31.1 Å². The van der Waals surface area contributed by atoms with Crippen LogP contribution in [0.1, 0.15) is 23.2 Å². The molecule has 0 atom stereocenters. The van der Waals surface area contributed by atoms with Crippen molar-refractivity contribution in [1.29, 1.82) is 0 Å². The van der Waals surface area contributed by atoms with Crippen molar-refractivity contribution in [2.24, 2.45) is 0 Å². The number of allylic oxidation sites excluding steroid dienone is 1. The third-order valence-electron chi connectivity index (χ3n) is 2.47. The summed E-state index contributed by atoms with van der Waals surface area (Å²) in [7, 11) is 0. The molecular weight excluding hydrogens is 202 g/mol. The predicted molar refractivity (Wildman–Crippen MR) is 62.0 cm³/mol. The second-order valence-corrected chi connectivity index (χ2v) is 3.71. The fourth-order valence-corrected chi connectivity index (χ4v) is 1.59. The van der Waals surface area contributed by atoms with Crippen LogP contribution in [0.25, 0.3) is 0 Å². The summed E-state index contributed by atoms with van der Waals surface area (Å²) in [5.74, 6) is 0.811. The zero-order valence-electron chi connectivity index (χ0n) is 9.11. The maximum Gasteiger partial charge on any atom is 0.251 e. The van der Waals surface area contributed by atoms with Crippen LogP contribution in [0.5, 0.6) is 0 Å². The molecule has 0 saturated heterocycles. The highest BCUT2D eigenvalue weighted by atomic mass is 16.5. The van der Waals surface area contributed by atoms with E-state index in [9.17, 15) is 4.79 Å². The largest absolute Gasteiger partial charge is 0.496 e. The molecule has 0 fully saturated rings. The SMILES string of the molecule is O=C(NCC1=CCCCO1)c1ccccc1. The quantitative estimate of drug-likeness (QED) is 0.842. The molecule has 84 valence electrons. The fraction of sp³-hybridized carbons (Fsp3) is 0.308. The van der Waals surface area contributed by atoms with Crippen molar-refractivity contribution in [2.75, 3.05) is 13.2 Å². The van der Waals surface area contributed by atoms with Crippen LogP contribution in [-0.2, 0) is 4.74 Å². The van der Waals surface area contributed by atoms with Crippen LogP contribution in [0.4, 0.5) is 0 Å². The lowest BCUT2D eigenvalue weighted by molar-refractivity contribution is 0.0944. The molecule has 1 heterocycles. The minimum Gasteiger partial charge on any atom is -0.496 e. The predicted octanol–water partition coefficient (Wildman–Crippen LogP) is 2.11. The second-order valence-electron chi connectivity index (χ2n) is 3.71. The smallest absolute Gasteiger partial charge is 0.251 e. The Labute approximate surface area is 95.1 Å². The summed E-state index contributed by atoms with van der Waals surface area (Å²) < 4.78 is 5.41. The number of carbonyl (C=O) groups excluding carboxylic acids is 1. The van der Waals surface area contributed by atoms with Crippen molar-refractivity contribution in [3.05, 3.63) is 47.7 Å². The fourth-order valence-electron chi connectivity index (χ4n) is 1.59. The van der Waals surface area contributed by atoms with E-state index in [0.717, 1.165) is 25.2 Å². The molecule has 0 spiro atoms. The lowest BCUT2D eigenvalue weighted by Crippen LogP contribution is -2.27. The minimum atomic E-state index is -0.0596. The summed E-state index contributed by atoms with van der Waals surface area (Å²) >= 11 is 0. The number of amides is 1. The summed E-state index contributed by atoms with van der Waals surface area (Å²) in [5.41, 5.74) is 0.680. The van der Waals surface area contributed by atoms with E-state index in [1.54, 1.807) is 12.1 Å². The lowest BCUT2D eigenvalue weighted by atomic mass is 10.2. The average Bonchev–Trinajstić information content (AvgIpc) is 2.38. The van der Waals surface area contributed by atoms with Crippen LogP contribution in [0.15, 0.2) is 42.2 Å². The molecule has 2 rings (SSSR count). The molecule has 1 amide bonds. The van der Waals surface area contributed by atoms with Gasteiger partial charge < -0.3 is 10.1 Å². The summed E-state index contributed by atoms with van der Waals surface area (Å²) in [6.45, 7) is 1.24. The molecule has 16 heavy (non-hydrogen) atoms. The monoisotopic (exact) mass is 217 g/mol. The van der Waals surface area contributed by atoms with E-state index in [1.807, 2.05) is 24.3 Å². The first-order chi connectivity index (χ1) is 7.86. The van der Waals surface area contributed by atoms with Crippen molar-refractivity contribution >= 4 is 5.91 Å². The molecule has 0 aromatic heterocycles. The highest BCUT2D eigenvalue weighted by Crippen LogP contribution is 2.08. The number of rotatable bonds is 3. The number of benzene rings is 1. The van der Waals surface area contributed by atoms with Gasteiger partial charge in [-0.1, -0.05) is 18.2 Å². The molecule has 0 aliphatic carbocycles. The molecule has 0 bridgehead atoms. The Morgan fingerprint density at radius 3 is 2.81 bits per heavy atom. The van der Waals surface area contributed by atoms with Crippen molar-refractivity contribution in [1.82, 2.24) is 5.32 Å². The number of ether oxygens (including phenoxy) is 1. The van der Waals surface area contributed by atoms with Crippen molar-refractivity contribution in [3.63, 3.8) is 0 Å². The summed E-state index contributed by atoms with van der Waals surface area (Å²) in [4.78, 5) is 11.7. The van der Waals surface area contributed by atoms with Crippen molar-refractivity contribution < 1.29 is 9.53 Å². The van der Waals surface area contributed by atoms with Crippen molar-refractivity contribution in [3.8, 4) is 0 Å². The Balaban J connectivity index is 1.86. The minimum absolute atomic E-state index is 0.0596. The van der Waals surface area contributed by atoms with E-state index in [-0.39, 0.29) is 5.91 Å². The molecule has 1 aliphatic heterocycles.